The Morgan fingerprint density at radius 3 is 2.88 bits per heavy atom. The van der Waals surface area contributed by atoms with Gasteiger partial charge in [0.2, 0.25) is 0 Å². The quantitative estimate of drug-likeness (QED) is 0.782. The predicted molar refractivity (Wildman–Crippen MR) is 91.6 cm³/mol. The van der Waals surface area contributed by atoms with Gasteiger partial charge in [0.1, 0.15) is 5.82 Å². The van der Waals surface area contributed by atoms with Crippen LogP contribution in [0.25, 0.3) is 11.3 Å². The summed E-state index contributed by atoms with van der Waals surface area (Å²) in [6.07, 6.45) is 5.40. The fourth-order valence-corrected chi connectivity index (χ4v) is 4.25. The van der Waals surface area contributed by atoms with Crippen LogP contribution in [0.15, 0.2) is 61.1 Å². The first-order valence-corrected chi connectivity index (χ1v) is 8.36. The molecule has 1 aliphatic heterocycles. The highest BCUT2D eigenvalue weighted by atomic mass is 19.1. The van der Waals surface area contributed by atoms with Crippen molar-refractivity contribution in [3.63, 3.8) is 0 Å². The Balaban J connectivity index is 1.39. The van der Waals surface area contributed by atoms with Crippen molar-refractivity contribution >= 4 is 5.91 Å². The lowest BCUT2D eigenvalue weighted by Gasteiger charge is -2.47. The first kappa shape index (κ1) is 14.4. The van der Waals surface area contributed by atoms with Crippen LogP contribution in [0.5, 0.6) is 0 Å². The van der Waals surface area contributed by atoms with E-state index in [2.05, 4.69) is 33.1 Å². The number of rotatable bonds is 2. The number of benzene rings is 2. The number of nitrogens with zero attached hydrogens (tertiary/aromatic N) is 2. The van der Waals surface area contributed by atoms with Gasteiger partial charge in [-0.05, 0) is 36.6 Å². The number of amides is 1. The Morgan fingerprint density at radius 2 is 2.04 bits per heavy atom. The summed E-state index contributed by atoms with van der Waals surface area (Å²) in [5.74, 6) is -0.623. The van der Waals surface area contributed by atoms with Crippen LogP contribution in [0, 0.1) is 5.82 Å². The maximum Gasteiger partial charge on any atom is 0.251 e. The number of hydrogen-bond donors (Lipinski definition) is 1. The average molecular weight is 333 g/mol. The number of imidazole rings is 1. The number of nitrogens with one attached hydrogen (secondary N) is 1. The smallest absolute Gasteiger partial charge is 0.251 e. The number of carbonyl (C=O) groups is 1. The van der Waals surface area contributed by atoms with E-state index in [1.165, 1.54) is 23.3 Å². The lowest BCUT2D eigenvalue weighted by Crippen LogP contribution is -2.55. The van der Waals surface area contributed by atoms with Gasteiger partial charge in [-0.3, -0.25) is 4.79 Å². The highest BCUT2D eigenvalue weighted by molar-refractivity contribution is 5.94. The lowest BCUT2D eigenvalue weighted by atomic mass is 9.68. The summed E-state index contributed by atoms with van der Waals surface area (Å²) in [6, 6.07) is 14.2. The average Bonchev–Trinajstić information content (AvgIpc) is 3.16. The van der Waals surface area contributed by atoms with Crippen molar-refractivity contribution in [3.05, 3.63) is 78.0 Å². The second-order valence-corrected chi connectivity index (χ2v) is 6.82. The van der Waals surface area contributed by atoms with E-state index >= 15 is 0 Å². The van der Waals surface area contributed by atoms with Gasteiger partial charge in [0.15, 0.2) is 0 Å². The Labute approximate surface area is 144 Å². The summed E-state index contributed by atoms with van der Waals surface area (Å²) < 4.78 is 15.5. The first-order chi connectivity index (χ1) is 12.2. The molecule has 5 rings (SSSR count). The maximum atomic E-state index is 13.3. The SMILES string of the molecule is O=C(NC1CC2(C1)c1ccccc1-c1cncn12)c1cccc(F)c1. The van der Waals surface area contributed by atoms with Gasteiger partial charge in [-0.25, -0.2) is 9.37 Å². The number of hydrogen-bond acceptors (Lipinski definition) is 2. The molecule has 3 aromatic rings. The molecule has 0 saturated heterocycles. The largest absolute Gasteiger partial charge is 0.349 e. The Bertz CT molecular complexity index is 988. The fraction of sp³-hybridized carbons (Fsp3) is 0.200. The van der Waals surface area contributed by atoms with Crippen LogP contribution in [-0.2, 0) is 5.54 Å². The molecule has 0 radical (unpaired) electrons. The molecule has 0 bridgehead atoms. The molecule has 0 atom stereocenters. The summed E-state index contributed by atoms with van der Waals surface area (Å²) in [6.45, 7) is 0. The first-order valence-electron chi connectivity index (χ1n) is 8.36. The molecule has 1 spiro atoms. The molecule has 2 aliphatic rings. The summed E-state index contributed by atoms with van der Waals surface area (Å²) in [7, 11) is 0. The van der Waals surface area contributed by atoms with Crippen molar-refractivity contribution in [2.24, 2.45) is 0 Å². The number of fused-ring (bicyclic) bond motifs is 5. The second-order valence-electron chi connectivity index (χ2n) is 6.82. The van der Waals surface area contributed by atoms with E-state index in [1.807, 2.05) is 18.6 Å². The van der Waals surface area contributed by atoms with Crippen LogP contribution in [0.2, 0.25) is 0 Å². The molecule has 0 unspecified atom stereocenters. The lowest BCUT2D eigenvalue weighted by molar-refractivity contribution is 0.0835. The normalized spacial score (nSPS) is 23.0. The zero-order valence-corrected chi connectivity index (χ0v) is 13.4. The van der Waals surface area contributed by atoms with E-state index in [1.54, 1.807) is 12.1 Å². The van der Waals surface area contributed by atoms with Gasteiger partial charge < -0.3 is 9.88 Å². The molecule has 2 heterocycles. The summed E-state index contributed by atoms with van der Waals surface area (Å²) in [5, 5.41) is 3.03. The Kier molecular flexibility index (Phi) is 2.89. The van der Waals surface area contributed by atoms with Crippen LogP contribution >= 0.6 is 0 Å². The van der Waals surface area contributed by atoms with E-state index in [-0.39, 0.29) is 17.5 Å². The van der Waals surface area contributed by atoms with Crippen LogP contribution in [0.3, 0.4) is 0 Å². The standard InChI is InChI=1S/C20H16FN3O/c21-14-5-3-4-13(8-14)19(25)23-15-9-20(10-15)17-7-2-1-6-16(17)18-11-22-12-24(18)20/h1-8,11-12,15H,9-10H2,(H,23,25). The minimum absolute atomic E-state index is 0.0668. The second kappa shape index (κ2) is 5.02. The Morgan fingerprint density at radius 1 is 1.20 bits per heavy atom. The molecule has 1 N–H and O–H groups in total. The number of aromatic nitrogens is 2. The van der Waals surface area contributed by atoms with Gasteiger partial charge >= 0.3 is 0 Å². The summed E-state index contributed by atoms with van der Waals surface area (Å²) in [5.41, 5.74) is 3.88. The van der Waals surface area contributed by atoms with E-state index < -0.39 is 5.82 Å². The third-order valence-electron chi connectivity index (χ3n) is 5.39. The van der Waals surface area contributed by atoms with Crippen LogP contribution in [-0.4, -0.2) is 21.5 Å². The molecule has 1 aromatic heterocycles. The summed E-state index contributed by atoms with van der Waals surface area (Å²) >= 11 is 0. The van der Waals surface area contributed by atoms with Gasteiger partial charge in [-0.15, -0.1) is 0 Å². The van der Waals surface area contributed by atoms with Crippen molar-refractivity contribution in [1.29, 1.82) is 0 Å². The van der Waals surface area contributed by atoms with Crippen molar-refractivity contribution in [2.45, 2.75) is 24.4 Å². The maximum absolute atomic E-state index is 13.3. The molecule has 5 heteroatoms. The van der Waals surface area contributed by atoms with Crippen molar-refractivity contribution < 1.29 is 9.18 Å². The highest BCUT2D eigenvalue weighted by Crippen LogP contribution is 2.54. The third-order valence-corrected chi connectivity index (χ3v) is 5.39. The predicted octanol–water partition coefficient (Wildman–Crippen LogP) is 3.34. The molecule has 25 heavy (non-hydrogen) atoms. The van der Waals surface area contributed by atoms with E-state index in [4.69, 9.17) is 0 Å². The fourth-order valence-electron chi connectivity index (χ4n) is 4.25. The zero-order valence-electron chi connectivity index (χ0n) is 13.4. The molecule has 1 amide bonds. The molecular formula is C20H16FN3O. The number of halogens is 1. The van der Waals surface area contributed by atoms with E-state index in [0.717, 1.165) is 18.5 Å². The van der Waals surface area contributed by atoms with Crippen LogP contribution in [0.4, 0.5) is 4.39 Å². The van der Waals surface area contributed by atoms with Crippen molar-refractivity contribution in [1.82, 2.24) is 14.9 Å². The van der Waals surface area contributed by atoms with E-state index in [0.29, 0.717) is 5.56 Å². The monoisotopic (exact) mass is 333 g/mol. The topological polar surface area (TPSA) is 46.9 Å². The zero-order chi connectivity index (χ0) is 17.0. The summed E-state index contributed by atoms with van der Waals surface area (Å²) in [4.78, 5) is 16.6. The van der Waals surface area contributed by atoms with Gasteiger partial charge in [-0.1, -0.05) is 30.3 Å². The van der Waals surface area contributed by atoms with Crippen LogP contribution in [0.1, 0.15) is 28.8 Å². The van der Waals surface area contributed by atoms with Crippen LogP contribution < -0.4 is 5.32 Å². The molecule has 2 aromatic carbocycles. The third kappa shape index (κ3) is 1.98. The van der Waals surface area contributed by atoms with Gasteiger partial charge in [0, 0.05) is 17.2 Å². The molecule has 1 fully saturated rings. The van der Waals surface area contributed by atoms with E-state index in [9.17, 15) is 9.18 Å². The molecular weight excluding hydrogens is 317 g/mol. The van der Waals surface area contributed by atoms with Crippen molar-refractivity contribution in [3.8, 4) is 11.3 Å². The minimum atomic E-state index is -0.398. The molecule has 1 aliphatic carbocycles. The molecule has 124 valence electrons. The van der Waals surface area contributed by atoms with Gasteiger partial charge in [0.05, 0.1) is 23.8 Å². The van der Waals surface area contributed by atoms with Gasteiger partial charge in [0.25, 0.3) is 5.91 Å². The van der Waals surface area contributed by atoms with Crippen molar-refractivity contribution in [2.75, 3.05) is 0 Å². The Hall–Kier alpha value is -2.95. The molecule has 1 saturated carbocycles. The highest BCUT2D eigenvalue weighted by Gasteiger charge is 2.52. The minimum Gasteiger partial charge on any atom is -0.349 e. The molecule has 4 nitrogen and oxygen atoms in total. The van der Waals surface area contributed by atoms with Gasteiger partial charge in [-0.2, -0.15) is 0 Å². The number of carbonyl (C=O) groups excluding carboxylic acids is 1.